The molecule has 4 heteroatoms. The summed E-state index contributed by atoms with van der Waals surface area (Å²) in [6, 6.07) is 12.7. The Kier molecular flexibility index (Phi) is 3.47. The largest absolute Gasteiger partial charge is 0.326 e. The van der Waals surface area contributed by atoms with E-state index < -0.39 is 0 Å². The van der Waals surface area contributed by atoms with Gasteiger partial charge in [0.15, 0.2) is 0 Å². The molecule has 0 spiro atoms. The van der Waals surface area contributed by atoms with Crippen molar-refractivity contribution < 1.29 is 4.79 Å². The zero-order chi connectivity index (χ0) is 12.1. The fourth-order valence-electron chi connectivity index (χ4n) is 1.47. The molecule has 0 unspecified atom stereocenters. The number of rotatable bonds is 3. The van der Waals surface area contributed by atoms with E-state index in [1.807, 2.05) is 24.3 Å². The monoisotopic (exact) mass is 227 g/mol. The molecule has 1 heterocycles. The zero-order valence-electron chi connectivity index (χ0n) is 9.26. The summed E-state index contributed by atoms with van der Waals surface area (Å²) in [7, 11) is 0. The van der Waals surface area contributed by atoms with Gasteiger partial charge in [0, 0.05) is 18.4 Å². The van der Waals surface area contributed by atoms with E-state index in [-0.39, 0.29) is 5.91 Å². The second kappa shape index (κ2) is 5.23. The molecule has 86 valence electrons. The van der Waals surface area contributed by atoms with Gasteiger partial charge in [0.2, 0.25) is 0 Å². The summed E-state index contributed by atoms with van der Waals surface area (Å²) in [5.41, 5.74) is 7.63. The Labute approximate surface area is 99.5 Å². The molecule has 0 radical (unpaired) electrons. The number of nitrogens with zero attached hydrogens (tertiary/aromatic N) is 1. The van der Waals surface area contributed by atoms with Gasteiger partial charge in [0.25, 0.3) is 5.91 Å². The second-order valence-electron chi connectivity index (χ2n) is 3.57. The molecule has 0 saturated carbocycles. The first-order chi connectivity index (χ1) is 8.29. The Bertz CT molecular complexity index is 511. The Hall–Kier alpha value is -2.20. The summed E-state index contributed by atoms with van der Waals surface area (Å²) in [6.07, 6.45) is 1.59. The smallest absolute Gasteiger partial charge is 0.274 e. The Morgan fingerprint density at radius 2 is 2.12 bits per heavy atom. The summed E-state index contributed by atoms with van der Waals surface area (Å²) < 4.78 is 0. The quantitative estimate of drug-likeness (QED) is 0.840. The van der Waals surface area contributed by atoms with Gasteiger partial charge in [0.05, 0.1) is 0 Å². The standard InChI is InChI=1S/C13H13N3O/c14-9-10-4-3-5-11(8-10)16-13(17)12-6-1-2-7-15-12/h1-8H,9,14H2,(H,16,17). The number of nitrogens with two attached hydrogens (primary N) is 1. The number of amides is 1. The molecule has 1 aromatic heterocycles. The maximum atomic E-state index is 11.8. The molecule has 0 aliphatic heterocycles. The van der Waals surface area contributed by atoms with Gasteiger partial charge >= 0.3 is 0 Å². The van der Waals surface area contributed by atoms with E-state index in [1.54, 1.807) is 24.4 Å². The number of aromatic nitrogens is 1. The van der Waals surface area contributed by atoms with Crippen molar-refractivity contribution in [1.29, 1.82) is 0 Å². The van der Waals surface area contributed by atoms with Crippen LogP contribution in [-0.4, -0.2) is 10.9 Å². The lowest BCUT2D eigenvalue weighted by Crippen LogP contribution is -2.13. The molecule has 1 aromatic carbocycles. The summed E-state index contributed by atoms with van der Waals surface area (Å²) in [5.74, 6) is -0.222. The molecule has 4 nitrogen and oxygen atoms in total. The number of benzene rings is 1. The van der Waals surface area contributed by atoms with Crippen LogP contribution in [0.4, 0.5) is 5.69 Å². The van der Waals surface area contributed by atoms with Gasteiger partial charge in [0.1, 0.15) is 5.69 Å². The SMILES string of the molecule is NCc1cccc(NC(=O)c2ccccn2)c1. The van der Waals surface area contributed by atoms with Crippen LogP contribution in [0.25, 0.3) is 0 Å². The highest BCUT2D eigenvalue weighted by Gasteiger charge is 2.06. The number of carbonyl (C=O) groups is 1. The third kappa shape index (κ3) is 2.89. The molecule has 2 aromatic rings. The first-order valence-corrected chi connectivity index (χ1v) is 5.31. The third-order valence-corrected chi connectivity index (χ3v) is 2.32. The molecule has 0 fully saturated rings. The predicted molar refractivity (Wildman–Crippen MR) is 66.5 cm³/mol. The fraction of sp³-hybridized carbons (Fsp3) is 0.0769. The number of carbonyl (C=O) groups excluding carboxylic acids is 1. The van der Waals surface area contributed by atoms with Crippen LogP contribution in [-0.2, 0) is 6.54 Å². The Balaban J connectivity index is 2.13. The van der Waals surface area contributed by atoms with Crippen molar-refractivity contribution in [2.24, 2.45) is 5.73 Å². The molecule has 0 saturated heterocycles. The van der Waals surface area contributed by atoms with Gasteiger partial charge in [-0.05, 0) is 29.8 Å². The molecule has 0 aliphatic carbocycles. The zero-order valence-corrected chi connectivity index (χ0v) is 9.26. The van der Waals surface area contributed by atoms with Crippen LogP contribution in [0.2, 0.25) is 0 Å². The molecule has 0 bridgehead atoms. The van der Waals surface area contributed by atoms with Gasteiger partial charge < -0.3 is 11.1 Å². The van der Waals surface area contributed by atoms with Crippen LogP contribution >= 0.6 is 0 Å². The van der Waals surface area contributed by atoms with Crippen molar-refractivity contribution in [2.45, 2.75) is 6.54 Å². The molecule has 3 N–H and O–H groups in total. The molecule has 2 rings (SSSR count). The number of hydrogen-bond acceptors (Lipinski definition) is 3. The van der Waals surface area contributed by atoms with Crippen molar-refractivity contribution in [3.63, 3.8) is 0 Å². The van der Waals surface area contributed by atoms with E-state index in [2.05, 4.69) is 10.3 Å². The van der Waals surface area contributed by atoms with Crippen LogP contribution in [0.1, 0.15) is 16.1 Å². The van der Waals surface area contributed by atoms with Gasteiger partial charge in [-0.2, -0.15) is 0 Å². The normalized spacial score (nSPS) is 9.94. The third-order valence-electron chi connectivity index (χ3n) is 2.32. The van der Waals surface area contributed by atoms with Crippen LogP contribution in [0, 0.1) is 0 Å². The van der Waals surface area contributed by atoms with E-state index in [0.29, 0.717) is 12.2 Å². The molecule has 0 atom stereocenters. The average Bonchev–Trinajstić information content (AvgIpc) is 2.40. The topological polar surface area (TPSA) is 68.0 Å². The molecule has 17 heavy (non-hydrogen) atoms. The second-order valence-corrected chi connectivity index (χ2v) is 3.57. The van der Waals surface area contributed by atoms with Crippen molar-refractivity contribution in [2.75, 3.05) is 5.32 Å². The molecular formula is C13H13N3O. The molecule has 1 amide bonds. The fourth-order valence-corrected chi connectivity index (χ4v) is 1.47. The minimum absolute atomic E-state index is 0.222. The minimum atomic E-state index is -0.222. The van der Waals surface area contributed by atoms with Gasteiger partial charge in [-0.25, -0.2) is 0 Å². The first kappa shape index (κ1) is 11.3. The summed E-state index contributed by atoms with van der Waals surface area (Å²) in [4.78, 5) is 15.8. The molecular weight excluding hydrogens is 214 g/mol. The van der Waals surface area contributed by atoms with E-state index in [1.165, 1.54) is 0 Å². The lowest BCUT2D eigenvalue weighted by Gasteiger charge is -2.05. The highest BCUT2D eigenvalue weighted by atomic mass is 16.1. The van der Waals surface area contributed by atoms with E-state index >= 15 is 0 Å². The van der Waals surface area contributed by atoms with Gasteiger partial charge in [-0.15, -0.1) is 0 Å². The van der Waals surface area contributed by atoms with Crippen LogP contribution < -0.4 is 11.1 Å². The predicted octanol–water partition coefficient (Wildman–Crippen LogP) is 1.79. The highest BCUT2D eigenvalue weighted by Crippen LogP contribution is 2.11. The Morgan fingerprint density at radius 1 is 1.24 bits per heavy atom. The van der Waals surface area contributed by atoms with Gasteiger partial charge in [-0.3, -0.25) is 9.78 Å². The molecule has 0 aliphatic rings. The summed E-state index contributed by atoms with van der Waals surface area (Å²) in [5, 5.41) is 2.78. The van der Waals surface area contributed by atoms with Crippen molar-refractivity contribution in [3.8, 4) is 0 Å². The van der Waals surface area contributed by atoms with E-state index in [4.69, 9.17) is 5.73 Å². The summed E-state index contributed by atoms with van der Waals surface area (Å²) >= 11 is 0. The average molecular weight is 227 g/mol. The number of hydrogen-bond donors (Lipinski definition) is 2. The van der Waals surface area contributed by atoms with Crippen molar-refractivity contribution in [3.05, 3.63) is 59.9 Å². The van der Waals surface area contributed by atoms with Gasteiger partial charge in [-0.1, -0.05) is 18.2 Å². The van der Waals surface area contributed by atoms with Crippen LogP contribution in [0.5, 0.6) is 0 Å². The van der Waals surface area contributed by atoms with Crippen molar-refractivity contribution >= 4 is 11.6 Å². The first-order valence-electron chi connectivity index (χ1n) is 5.31. The van der Waals surface area contributed by atoms with E-state index in [0.717, 1.165) is 11.3 Å². The maximum Gasteiger partial charge on any atom is 0.274 e. The maximum absolute atomic E-state index is 11.8. The number of pyridine rings is 1. The number of anilines is 1. The number of nitrogens with one attached hydrogen (secondary N) is 1. The van der Waals surface area contributed by atoms with E-state index in [9.17, 15) is 4.79 Å². The van der Waals surface area contributed by atoms with Crippen LogP contribution in [0.15, 0.2) is 48.7 Å². The lowest BCUT2D eigenvalue weighted by molar-refractivity contribution is 0.102. The lowest BCUT2D eigenvalue weighted by atomic mass is 10.2. The summed E-state index contributed by atoms with van der Waals surface area (Å²) in [6.45, 7) is 0.452. The van der Waals surface area contributed by atoms with Crippen LogP contribution in [0.3, 0.4) is 0 Å². The van der Waals surface area contributed by atoms with Crippen molar-refractivity contribution in [1.82, 2.24) is 4.98 Å². The highest BCUT2D eigenvalue weighted by molar-refractivity contribution is 6.02. The minimum Gasteiger partial charge on any atom is -0.326 e. The Morgan fingerprint density at radius 3 is 2.82 bits per heavy atom.